The lowest BCUT2D eigenvalue weighted by Crippen LogP contribution is -2.44. The predicted molar refractivity (Wildman–Crippen MR) is 139 cm³/mol. The number of hydrogen-bond donors (Lipinski definition) is 1. The van der Waals surface area contributed by atoms with E-state index in [9.17, 15) is 0 Å². The van der Waals surface area contributed by atoms with E-state index in [1.165, 1.54) is 11.4 Å². The fourth-order valence-corrected chi connectivity index (χ4v) is 4.68. The van der Waals surface area contributed by atoms with Crippen LogP contribution in [0.2, 0.25) is 0 Å². The van der Waals surface area contributed by atoms with Crippen LogP contribution in [-0.4, -0.2) is 84.0 Å². The summed E-state index contributed by atoms with van der Waals surface area (Å²) in [6.45, 7) is 7.69. The third kappa shape index (κ3) is 4.65. The second kappa shape index (κ2) is 9.52. The molecule has 0 unspecified atom stereocenters. The molecule has 6 rings (SSSR count). The molecule has 4 heterocycles. The summed E-state index contributed by atoms with van der Waals surface area (Å²) in [6, 6.07) is 17.0. The highest BCUT2D eigenvalue weighted by atomic mass is 16.5. The average molecular weight is 471 g/mol. The molecule has 0 saturated carbocycles. The Morgan fingerprint density at radius 2 is 1.46 bits per heavy atom. The summed E-state index contributed by atoms with van der Waals surface area (Å²) in [5.41, 5.74) is 5.98. The number of piperazine rings is 1. The first-order valence-corrected chi connectivity index (χ1v) is 12.2. The minimum absolute atomic E-state index is 0.549. The highest BCUT2D eigenvalue weighted by Gasteiger charge is 2.16. The molecule has 2 aliphatic rings. The first-order chi connectivity index (χ1) is 17.2. The van der Waals surface area contributed by atoms with Crippen LogP contribution in [0.15, 0.2) is 60.9 Å². The highest BCUT2D eigenvalue weighted by molar-refractivity contribution is 5.75. The van der Waals surface area contributed by atoms with Crippen LogP contribution in [0, 0.1) is 0 Å². The number of fused-ring (bicyclic) bond motifs is 1. The number of aromatic nitrogens is 4. The molecule has 2 aromatic carbocycles. The van der Waals surface area contributed by atoms with Crippen LogP contribution in [0.25, 0.3) is 16.9 Å². The zero-order valence-electron chi connectivity index (χ0n) is 20.0. The van der Waals surface area contributed by atoms with Gasteiger partial charge in [-0.25, -0.2) is 4.52 Å². The van der Waals surface area contributed by atoms with Gasteiger partial charge in [0.05, 0.1) is 13.2 Å². The Labute approximate surface area is 205 Å². The standard InChI is InChI=1S/C26H30N8O/c1-31-12-14-32(15-13-31)22-6-2-20(3-7-22)24-25-29-26(30-34(25)11-10-27-24)28-21-4-8-23(9-5-21)33-16-18-35-19-17-33/h2-11H,12-19H2,1H3,(H,28,30). The summed E-state index contributed by atoms with van der Waals surface area (Å²) in [5, 5.41) is 7.95. The Morgan fingerprint density at radius 1 is 0.800 bits per heavy atom. The van der Waals surface area contributed by atoms with E-state index in [-0.39, 0.29) is 0 Å². The van der Waals surface area contributed by atoms with Crippen molar-refractivity contribution in [2.45, 2.75) is 0 Å². The Bertz CT molecular complexity index is 1270. The molecule has 2 aliphatic heterocycles. The minimum atomic E-state index is 0.549. The third-order valence-electron chi connectivity index (χ3n) is 6.76. The van der Waals surface area contributed by atoms with Crippen molar-refractivity contribution in [1.82, 2.24) is 24.5 Å². The van der Waals surface area contributed by atoms with Crippen molar-refractivity contribution in [3.63, 3.8) is 0 Å². The topological polar surface area (TPSA) is 74.1 Å². The van der Waals surface area contributed by atoms with Crippen molar-refractivity contribution in [2.75, 3.05) is 74.6 Å². The van der Waals surface area contributed by atoms with Gasteiger partial charge < -0.3 is 24.8 Å². The Kier molecular flexibility index (Phi) is 5.93. The van der Waals surface area contributed by atoms with Crippen LogP contribution in [0.1, 0.15) is 0 Å². The van der Waals surface area contributed by atoms with Crippen LogP contribution in [0.5, 0.6) is 0 Å². The van der Waals surface area contributed by atoms with Crippen LogP contribution in [-0.2, 0) is 4.74 Å². The molecule has 0 aliphatic carbocycles. The van der Waals surface area contributed by atoms with Crippen molar-refractivity contribution in [3.8, 4) is 11.3 Å². The van der Waals surface area contributed by atoms with Crippen molar-refractivity contribution in [1.29, 1.82) is 0 Å². The second-order valence-corrected chi connectivity index (χ2v) is 9.09. The maximum absolute atomic E-state index is 5.45. The van der Waals surface area contributed by atoms with Gasteiger partial charge in [-0.1, -0.05) is 12.1 Å². The van der Waals surface area contributed by atoms with Gasteiger partial charge in [-0.3, -0.25) is 4.98 Å². The first-order valence-electron chi connectivity index (χ1n) is 12.2. The molecule has 4 aromatic rings. The zero-order valence-corrected chi connectivity index (χ0v) is 20.0. The van der Waals surface area contributed by atoms with Crippen molar-refractivity contribution in [2.24, 2.45) is 0 Å². The first kappa shape index (κ1) is 21.8. The normalized spacial score (nSPS) is 17.2. The van der Waals surface area contributed by atoms with Gasteiger partial charge in [0.1, 0.15) is 5.69 Å². The predicted octanol–water partition coefficient (Wildman–Crippen LogP) is 3.12. The number of rotatable bonds is 5. The van der Waals surface area contributed by atoms with E-state index in [0.717, 1.165) is 75.1 Å². The van der Waals surface area contributed by atoms with E-state index in [1.54, 1.807) is 10.7 Å². The van der Waals surface area contributed by atoms with Crippen molar-refractivity contribution in [3.05, 3.63) is 60.9 Å². The van der Waals surface area contributed by atoms with E-state index in [0.29, 0.717) is 5.95 Å². The number of hydrogen-bond acceptors (Lipinski definition) is 8. The smallest absolute Gasteiger partial charge is 0.247 e. The van der Waals surface area contributed by atoms with Crippen LogP contribution < -0.4 is 15.1 Å². The number of benzene rings is 2. The summed E-state index contributed by atoms with van der Waals surface area (Å²) in [6.07, 6.45) is 3.60. The fourth-order valence-electron chi connectivity index (χ4n) is 4.68. The molecule has 0 bridgehead atoms. The lowest BCUT2D eigenvalue weighted by atomic mass is 10.1. The van der Waals surface area contributed by atoms with Gasteiger partial charge in [0.15, 0.2) is 5.65 Å². The molecule has 2 fully saturated rings. The quantitative estimate of drug-likeness (QED) is 0.477. The van der Waals surface area contributed by atoms with E-state index in [2.05, 4.69) is 85.7 Å². The number of nitrogens with one attached hydrogen (secondary N) is 1. The molecule has 2 saturated heterocycles. The molecule has 35 heavy (non-hydrogen) atoms. The molecule has 9 heteroatoms. The maximum Gasteiger partial charge on any atom is 0.247 e. The third-order valence-corrected chi connectivity index (χ3v) is 6.76. The molecule has 2 aromatic heterocycles. The molecule has 9 nitrogen and oxygen atoms in total. The summed E-state index contributed by atoms with van der Waals surface area (Å²) >= 11 is 0. The van der Waals surface area contributed by atoms with Gasteiger partial charge in [0.25, 0.3) is 0 Å². The number of nitrogens with zero attached hydrogens (tertiary/aromatic N) is 7. The van der Waals surface area contributed by atoms with Gasteiger partial charge >= 0.3 is 0 Å². The second-order valence-electron chi connectivity index (χ2n) is 9.09. The SMILES string of the molecule is CN1CCN(c2ccc(-c3nccn4nc(Nc5ccc(N6CCOCC6)cc5)nc34)cc2)CC1. The summed E-state index contributed by atoms with van der Waals surface area (Å²) in [7, 11) is 2.18. The lowest BCUT2D eigenvalue weighted by Gasteiger charge is -2.34. The van der Waals surface area contributed by atoms with Crippen LogP contribution in [0.4, 0.5) is 23.0 Å². The van der Waals surface area contributed by atoms with Gasteiger partial charge in [-0.2, -0.15) is 4.98 Å². The largest absolute Gasteiger partial charge is 0.378 e. The van der Waals surface area contributed by atoms with Crippen LogP contribution in [0.3, 0.4) is 0 Å². The van der Waals surface area contributed by atoms with Gasteiger partial charge in [-0.15, -0.1) is 5.10 Å². The number of likely N-dealkylation sites (N-methyl/N-ethyl adjacent to an activating group) is 1. The molecular weight excluding hydrogens is 440 g/mol. The lowest BCUT2D eigenvalue weighted by molar-refractivity contribution is 0.122. The minimum Gasteiger partial charge on any atom is -0.378 e. The maximum atomic E-state index is 5.45. The van der Waals surface area contributed by atoms with E-state index >= 15 is 0 Å². The Balaban J connectivity index is 1.20. The van der Waals surface area contributed by atoms with Crippen LogP contribution >= 0.6 is 0 Å². The molecular formula is C26H30N8O. The molecule has 0 atom stereocenters. The molecule has 0 amide bonds. The Hall–Kier alpha value is -3.69. The molecule has 180 valence electrons. The summed E-state index contributed by atoms with van der Waals surface area (Å²) in [4.78, 5) is 16.5. The number of ether oxygens (including phenoxy) is 1. The number of morpholine rings is 1. The van der Waals surface area contributed by atoms with E-state index in [1.807, 2.05) is 6.20 Å². The van der Waals surface area contributed by atoms with Crippen molar-refractivity contribution < 1.29 is 4.74 Å². The monoisotopic (exact) mass is 470 g/mol. The summed E-state index contributed by atoms with van der Waals surface area (Å²) in [5.74, 6) is 0.549. The van der Waals surface area contributed by atoms with E-state index in [4.69, 9.17) is 9.72 Å². The average Bonchev–Trinajstić information content (AvgIpc) is 3.33. The highest BCUT2D eigenvalue weighted by Crippen LogP contribution is 2.26. The fraction of sp³-hybridized carbons (Fsp3) is 0.346. The molecule has 1 N–H and O–H groups in total. The number of anilines is 4. The summed E-state index contributed by atoms with van der Waals surface area (Å²) < 4.78 is 7.23. The Morgan fingerprint density at radius 3 is 2.17 bits per heavy atom. The van der Waals surface area contributed by atoms with Gasteiger partial charge in [-0.05, 0) is 43.4 Å². The van der Waals surface area contributed by atoms with E-state index < -0.39 is 0 Å². The van der Waals surface area contributed by atoms with Gasteiger partial charge in [0.2, 0.25) is 5.95 Å². The van der Waals surface area contributed by atoms with Crippen molar-refractivity contribution >= 4 is 28.7 Å². The molecule has 0 spiro atoms. The zero-order chi connectivity index (χ0) is 23.6. The molecule has 0 radical (unpaired) electrons. The van der Waals surface area contributed by atoms with Gasteiger partial charge in [0, 0.05) is 74.3 Å².